The molecule has 1 aliphatic rings. The summed E-state index contributed by atoms with van der Waals surface area (Å²) in [7, 11) is 0. The van der Waals surface area contributed by atoms with Gasteiger partial charge >= 0.3 is 0 Å². The van der Waals surface area contributed by atoms with Crippen LogP contribution in [0.4, 0.5) is 0 Å². The molecule has 2 rings (SSSR count). The van der Waals surface area contributed by atoms with Crippen molar-refractivity contribution in [3.63, 3.8) is 0 Å². The van der Waals surface area contributed by atoms with E-state index in [0.29, 0.717) is 12.0 Å². The van der Waals surface area contributed by atoms with Gasteiger partial charge in [-0.3, -0.25) is 9.89 Å². The second-order valence-electron chi connectivity index (χ2n) is 5.39. The van der Waals surface area contributed by atoms with Crippen molar-refractivity contribution in [1.29, 1.82) is 0 Å². The molecule has 0 amide bonds. The second kappa shape index (κ2) is 8.64. The number of nitrogens with zero attached hydrogens (tertiary/aromatic N) is 2. The van der Waals surface area contributed by atoms with Gasteiger partial charge in [-0.05, 0) is 18.9 Å². The van der Waals surface area contributed by atoms with Gasteiger partial charge in [0.2, 0.25) is 0 Å². The van der Waals surface area contributed by atoms with E-state index in [0.717, 1.165) is 45.8 Å². The van der Waals surface area contributed by atoms with E-state index in [9.17, 15) is 0 Å². The summed E-state index contributed by atoms with van der Waals surface area (Å²) in [6, 6.07) is 10.8. The fraction of sp³-hybridized carbons (Fsp3) is 0.562. The Kier molecular flexibility index (Phi) is 6.50. The van der Waals surface area contributed by atoms with Crippen molar-refractivity contribution in [3.8, 4) is 0 Å². The zero-order chi connectivity index (χ0) is 14.9. The van der Waals surface area contributed by atoms with Crippen molar-refractivity contribution in [2.24, 2.45) is 10.7 Å². The minimum Gasteiger partial charge on any atom is -0.379 e. The number of nitrogens with one attached hydrogen (secondary N) is 1. The van der Waals surface area contributed by atoms with Crippen LogP contribution in [-0.2, 0) is 11.2 Å². The number of hydrogen-bond acceptors (Lipinski definition) is 3. The molecular formula is C16H26N4O. The number of rotatable bonds is 6. The molecule has 1 aromatic rings. The maximum Gasteiger partial charge on any atom is 0.188 e. The third kappa shape index (κ3) is 5.73. The number of nitrogens with two attached hydrogens (primary N) is 1. The normalized spacial score (nSPS) is 18.4. The summed E-state index contributed by atoms with van der Waals surface area (Å²) in [5.74, 6) is 0.533. The smallest absolute Gasteiger partial charge is 0.188 e. The summed E-state index contributed by atoms with van der Waals surface area (Å²) in [4.78, 5) is 6.82. The highest BCUT2D eigenvalue weighted by Gasteiger charge is 2.16. The second-order valence-corrected chi connectivity index (χ2v) is 5.39. The molecule has 0 aliphatic carbocycles. The lowest BCUT2D eigenvalue weighted by atomic mass is 10.1. The first kappa shape index (κ1) is 15.8. The molecular weight excluding hydrogens is 264 g/mol. The largest absolute Gasteiger partial charge is 0.379 e. The Morgan fingerprint density at radius 3 is 2.76 bits per heavy atom. The van der Waals surface area contributed by atoms with E-state index in [1.165, 1.54) is 5.56 Å². The van der Waals surface area contributed by atoms with Crippen LogP contribution in [0.1, 0.15) is 12.5 Å². The van der Waals surface area contributed by atoms with Crippen LogP contribution in [0.2, 0.25) is 0 Å². The van der Waals surface area contributed by atoms with Crippen LogP contribution in [0.15, 0.2) is 35.3 Å². The highest BCUT2D eigenvalue weighted by atomic mass is 16.5. The molecule has 0 radical (unpaired) electrons. The molecule has 5 nitrogen and oxygen atoms in total. The molecule has 0 spiro atoms. The summed E-state index contributed by atoms with van der Waals surface area (Å²) in [5, 5.41) is 3.17. The Hall–Kier alpha value is -1.59. The van der Waals surface area contributed by atoms with Crippen molar-refractivity contribution < 1.29 is 4.74 Å². The molecule has 1 aliphatic heterocycles. The van der Waals surface area contributed by atoms with Gasteiger partial charge < -0.3 is 15.8 Å². The van der Waals surface area contributed by atoms with E-state index in [2.05, 4.69) is 46.4 Å². The third-order valence-electron chi connectivity index (χ3n) is 3.76. The van der Waals surface area contributed by atoms with Crippen LogP contribution in [0.3, 0.4) is 0 Å². The molecule has 1 unspecified atom stereocenters. The highest BCUT2D eigenvalue weighted by Crippen LogP contribution is 2.03. The van der Waals surface area contributed by atoms with Gasteiger partial charge in [0, 0.05) is 25.7 Å². The van der Waals surface area contributed by atoms with Crippen LogP contribution >= 0.6 is 0 Å². The topological polar surface area (TPSA) is 62.9 Å². The predicted molar refractivity (Wildman–Crippen MR) is 86.5 cm³/mol. The molecule has 3 N–H and O–H groups in total. The average Bonchev–Trinajstić information content (AvgIpc) is 2.54. The van der Waals surface area contributed by atoms with Crippen LogP contribution in [0.25, 0.3) is 0 Å². The lowest BCUT2D eigenvalue weighted by Gasteiger charge is -2.31. The van der Waals surface area contributed by atoms with Crippen LogP contribution < -0.4 is 11.1 Å². The predicted octanol–water partition coefficient (Wildman–Crippen LogP) is 0.854. The van der Waals surface area contributed by atoms with Crippen molar-refractivity contribution >= 4 is 5.96 Å². The lowest BCUT2D eigenvalue weighted by Crippen LogP contribution is -2.44. The highest BCUT2D eigenvalue weighted by molar-refractivity contribution is 5.77. The van der Waals surface area contributed by atoms with Crippen molar-refractivity contribution in [1.82, 2.24) is 10.2 Å². The number of benzene rings is 1. The summed E-state index contributed by atoms with van der Waals surface area (Å²) >= 11 is 0. The molecule has 1 fully saturated rings. The van der Waals surface area contributed by atoms with E-state index >= 15 is 0 Å². The van der Waals surface area contributed by atoms with Gasteiger partial charge in [-0.2, -0.15) is 0 Å². The molecule has 1 saturated heterocycles. The molecule has 0 aromatic heterocycles. The molecule has 116 valence electrons. The SMILES string of the molecule is CC(CN=C(N)NCCc1ccccc1)N1CCOCC1. The van der Waals surface area contributed by atoms with E-state index in [1.807, 2.05) is 6.07 Å². The monoisotopic (exact) mass is 290 g/mol. The number of ether oxygens (including phenoxy) is 1. The van der Waals surface area contributed by atoms with Crippen LogP contribution in [0.5, 0.6) is 0 Å². The zero-order valence-corrected chi connectivity index (χ0v) is 12.8. The molecule has 5 heteroatoms. The Labute approximate surface area is 127 Å². The van der Waals surface area contributed by atoms with Crippen molar-refractivity contribution in [2.45, 2.75) is 19.4 Å². The van der Waals surface area contributed by atoms with Gasteiger partial charge in [-0.1, -0.05) is 30.3 Å². The fourth-order valence-corrected chi connectivity index (χ4v) is 2.40. The fourth-order valence-electron chi connectivity index (χ4n) is 2.40. The quantitative estimate of drug-likeness (QED) is 0.602. The molecule has 21 heavy (non-hydrogen) atoms. The summed E-state index contributed by atoms with van der Waals surface area (Å²) in [6.07, 6.45) is 0.954. The van der Waals surface area contributed by atoms with Gasteiger partial charge in [0.05, 0.1) is 19.8 Å². The maximum absolute atomic E-state index is 5.91. The van der Waals surface area contributed by atoms with Gasteiger partial charge in [0.15, 0.2) is 5.96 Å². The van der Waals surface area contributed by atoms with Crippen molar-refractivity contribution in [3.05, 3.63) is 35.9 Å². The standard InChI is InChI=1S/C16H26N4O/c1-14(20-9-11-21-12-10-20)13-19-16(17)18-8-7-15-5-3-2-4-6-15/h2-6,14H,7-13H2,1H3,(H3,17,18,19). The van der Waals surface area contributed by atoms with Crippen LogP contribution in [0, 0.1) is 0 Å². The Balaban J connectivity index is 1.66. The Morgan fingerprint density at radius 2 is 2.05 bits per heavy atom. The average molecular weight is 290 g/mol. The Bertz CT molecular complexity index is 429. The number of aliphatic imine (C=N–C) groups is 1. The van der Waals surface area contributed by atoms with Gasteiger partial charge in [-0.25, -0.2) is 0 Å². The minimum absolute atomic E-state index is 0.406. The molecule has 1 heterocycles. The first-order chi connectivity index (χ1) is 10.3. The van der Waals surface area contributed by atoms with Gasteiger partial charge in [0.1, 0.15) is 0 Å². The van der Waals surface area contributed by atoms with E-state index in [-0.39, 0.29) is 0 Å². The zero-order valence-electron chi connectivity index (χ0n) is 12.8. The summed E-state index contributed by atoms with van der Waals surface area (Å²) in [6.45, 7) is 7.33. The molecule has 1 atom stereocenters. The number of guanidine groups is 1. The maximum atomic E-state index is 5.91. The summed E-state index contributed by atoms with van der Waals surface area (Å²) in [5.41, 5.74) is 7.22. The first-order valence-corrected chi connectivity index (χ1v) is 7.65. The van der Waals surface area contributed by atoms with E-state index in [1.54, 1.807) is 0 Å². The molecule has 1 aromatic carbocycles. The number of hydrogen-bond donors (Lipinski definition) is 2. The van der Waals surface area contributed by atoms with Crippen molar-refractivity contribution in [2.75, 3.05) is 39.4 Å². The minimum atomic E-state index is 0.406. The first-order valence-electron chi connectivity index (χ1n) is 7.65. The summed E-state index contributed by atoms with van der Waals surface area (Å²) < 4.78 is 5.36. The molecule has 0 bridgehead atoms. The molecule has 0 saturated carbocycles. The Morgan fingerprint density at radius 1 is 1.33 bits per heavy atom. The number of morpholine rings is 1. The van der Waals surface area contributed by atoms with E-state index < -0.39 is 0 Å². The van der Waals surface area contributed by atoms with E-state index in [4.69, 9.17) is 10.5 Å². The van der Waals surface area contributed by atoms with Gasteiger partial charge in [0.25, 0.3) is 0 Å². The third-order valence-corrected chi connectivity index (χ3v) is 3.76. The van der Waals surface area contributed by atoms with Gasteiger partial charge in [-0.15, -0.1) is 0 Å². The van der Waals surface area contributed by atoms with Crippen LogP contribution in [-0.4, -0.2) is 56.3 Å². The lowest BCUT2D eigenvalue weighted by molar-refractivity contribution is 0.0220.